The number of benzene rings is 2. The van der Waals surface area contributed by atoms with Crippen molar-refractivity contribution < 1.29 is 35.5 Å². The van der Waals surface area contributed by atoms with Gasteiger partial charge in [0.2, 0.25) is 26.0 Å². The maximum Gasteiger partial charge on any atom is 0.243 e. The molecule has 2 aliphatic heterocycles. The van der Waals surface area contributed by atoms with Gasteiger partial charge in [-0.2, -0.15) is 4.31 Å². The van der Waals surface area contributed by atoms with Crippen LogP contribution in [0.1, 0.15) is 18.4 Å². The lowest BCUT2D eigenvalue weighted by Gasteiger charge is -2.31. The van der Waals surface area contributed by atoms with Crippen molar-refractivity contribution in [1.82, 2.24) is 8.61 Å². The zero-order valence-electron chi connectivity index (χ0n) is 20.7. The van der Waals surface area contributed by atoms with Crippen molar-refractivity contribution in [1.29, 1.82) is 0 Å². The van der Waals surface area contributed by atoms with Crippen LogP contribution in [0.4, 0.5) is 10.1 Å². The van der Waals surface area contributed by atoms with Gasteiger partial charge in [0.1, 0.15) is 11.6 Å². The summed E-state index contributed by atoms with van der Waals surface area (Å²) in [7, 11) is -6.24. The molecule has 4 rings (SSSR count). The second-order valence-electron chi connectivity index (χ2n) is 9.00. The summed E-state index contributed by atoms with van der Waals surface area (Å²) in [6.07, 6.45) is 0.480. The summed E-state index contributed by atoms with van der Waals surface area (Å²) < 4.78 is 79.1. The number of carbonyl (C=O) groups is 1. The maximum atomic E-state index is 14.1. The topological polar surface area (TPSA) is 122 Å². The molecule has 0 saturated carbocycles. The Morgan fingerprint density at radius 2 is 1.76 bits per heavy atom. The van der Waals surface area contributed by atoms with Crippen LogP contribution in [0.25, 0.3) is 0 Å². The van der Waals surface area contributed by atoms with Crippen molar-refractivity contribution in [2.45, 2.75) is 23.5 Å². The summed E-state index contributed by atoms with van der Waals surface area (Å²) in [6, 6.07) is 8.25. The first-order chi connectivity index (χ1) is 18.0. The summed E-state index contributed by atoms with van der Waals surface area (Å²) in [5, 5.41) is 2.79. The molecule has 2 aliphatic rings. The largest absolute Gasteiger partial charge is 0.495 e. The first kappa shape index (κ1) is 28.7. The van der Waals surface area contributed by atoms with E-state index in [0.29, 0.717) is 19.0 Å². The average molecular weight is 590 g/mol. The third-order valence-electron chi connectivity index (χ3n) is 6.64. The van der Waals surface area contributed by atoms with Gasteiger partial charge in [-0.3, -0.25) is 4.79 Å². The lowest BCUT2D eigenvalue weighted by molar-refractivity contribution is -0.120. The van der Waals surface area contributed by atoms with Crippen molar-refractivity contribution in [2.24, 2.45) is 5.92 Å². The summed E-state index contributed by atoms with van der Waals surface area (Å²) >= 11 is 5.99. The number of nitrogens with one attached hydrogen (secondary N) is 1. The Morgan fingerprint density at radius 3 is 2.39 bits per heavy atom. The molecule has 208 valence electrons. The molecular weight excluding hydrogens is 561 g/mol. The van der Waals surface area contributed by atoms with Gasteiger partial charge in [-0.25, -0.2) is 25.5 Å². The Hall–Kier alpha value is -2.29. The number of hydrogen-bond acceptors (Lipinski definition) is 7. The van der Waals surface area contributed by atoms with Crippen molar-refractivity contribution in [3.8, 4) is 5.75 Å². The van der Waals surface area contributed by atoms with Crippen LogP contribution in [-0.4, -0.2) is 77.9 Å². The SMILES string of the molecule is COc1ccc(S(=O)(=O)N2CCOCC2)cc1NC(=O)C1CCN(S(=O)(=O)Cc2c(F)cccc2Cl)CC1. The van der Waals surface area contributed by atoms with Crippen molar-refractivity contribution in [3.05, 3.63) is 52.8 Å². The van der Waals surface area contributed by atoms with E-state index in [1.165, 1.54) is 46.1 Å². The van der Waals surface area contributed by atoms with Crippen LogP contribution in [-0.2, 0) is 35.3 Å². The molecule has 0 aliphatic carbocycles. The molecule has 2 fully saturated rings. The number of nitrogens with zero attached hydrogens (tertiary/aromatic N) is 2. The van der Waals surface area contributed by atoms with E-state index in [0.717, 1.165) is 6.07 Å². The summed E-state index contributed by atoms with van der Waals surface area (Å²) in [4.78, 5) is 13.1. The normalized spacial score (nSPS) is 18.3. The van der Waals surface area contributed by atoms with E-state index in [2.05, 4.69) is 5.32 Å². The monoisotopic (exact) mass is 589 g/mol. The Morgan fingerprint density at radius 1 is 1.08 bits per heavy atom. The molecule has 0 unspecified atom stereocenters. The molecule has 14 heteroatoms. The van der Waals surface area contributed by atoms with Gasteiger partial charge in [-0.15, -0.1) is 0 Å². The van der Waals surface area contributed by atoms with E-state index in [1.807, 2.05) is 0 Å². The standard InChI is InChI=1S/C24H29ClFN3O7S2/c1-35-23-6-5-18(38(33,34)29-11-13-36-14-12-29)15-22(23)27-24(30)17-7-9-28(10-8-17)37(31,32)16-19-20(25)3-2-4-21(19)26/h2-6,15,17H,7-14,16H2,1H3,(H,27,30). The molecule has 0 bridgehead atoms. The number of carbonyl (C=O) groups excluding carboxylic acids is 1. The number of sulfonamides is 2. The summed E-state index contributed by atoms with van der Waals surface area (Å²) in [5.74, 6) is -1.86. The Kier molecular flexibility index (Phi) is 8.95. The Balaban J connectivity index is 1.42. The van der Waals surface area contributed by atoms with Crippen molar-refractivity contribution >= 4 is 43.2 Å². The number of amides is 1. The fraction of sp³-hybridized carbons (Fsp3) is 0.458. The van der Waals surface area contributed by atoms with Crippen LogP contribution >= 0.6 is 11.6 Å². The third kappa shape index (κ3) is 6.29. The summed E-state index contributed by atoms with van der Waals surface area (Å²) in [6.45, 7) is 1.24. The van der Waals surface area contributed by atoms with Gasteiger partial charge in [0.05, 0.1) is 36.7 Å². The van der Waals surface area contributed by atoms with E-state index in [9.17, 15) is 26.0 Å². The van der Waals surface area contributed by atoms with Crippen LogP contribution in [0, 0.1) is 11.7 Å². The van der Waals surface area contributed by atoms with Crippen LogP contribution in [0.2, 0.25) is 5.02 Å². The zero-order valence-corrected chi connectivity index (χ0v) is 23.1. The zero-order chi connectivity index (χ0) is 27.5. The van der Waals surface area contributed by atoms with E-state index in [1.54, 1.807) is 0 Å². The molecule has 38 heavy (non-hydrogen) atoms. The highest BCUT2D eigenvalue weighted by atomic mass is 35.5. The second kappa shape index (κ2) is 11.8. The minimum absolute atomic E-state index is 0.0169. The number of piperidine rings is 1. The maximum absolute atomic E-state index is 14.1. The van der Waals surface area contributed by atoms with Crippen LogP contribution < -0.4 is 10.1 Å². The number of rotatable bonds is 8. The molecule has 10 nitrogen and oxygen atoms in total. The van der Waals surface area contributed by atoms with Crippen molar-refractivity contribution in [2.75, 3.05) is 51.8 Å². The Labute approximate surface area is 226 Å². The highest BCUT2D eigenvalue weighted by Crippen LogP contribution is 2.31. The molecular formula is C24H29ClFN3O7S2. The Bertz CT molecular complexity index is 1370. The van der Waals surface area contributed by atoms with Crippen LogP contribution in [0.15, 0.2) is 41.3 Å². The molecule has 0 radical (unpaired) electrons. The molecule has 2 aromatic carbocycles. The molecule has 0 atom stereocenters. The van der Waals surface area contributed by atoms with Gasteiger partial charge in [-0.05, 0) is 43.2 Å². The molecule has 2 aromatic rings. The molecule has 2 saturated heterocycles. The van der Waals surface area contributed by atoms with Crippen molar-refractivity contribution in [3.63, 3.8) is 0 Å². The first-order valence-electron chi connectivity index (χ1n) is 12.0. The molecule has 1 amide bonds. The number of ether oxygens (including phenoxy) is 2. The number of hydrogen-bond donors (Lipinski definition) is 1. The van der Waals surface area contributed by atoms with Gasteiger partial charge in [-0.1, -0.05) is 17.7 Å². The highest BCUT2D eigenvalue weighted by molar-refractivity contribution is 7.89. The molecule has 0 spiro atoms. The minimum atomic E-state index is -3.86. The van der Waals surface area contributed by atoms with Crippen LogP contribution in [0.3, 0.4) is 0 Å². The fourth-order valence-corrected chi connectivity index (χ4v) is 7.81. The highest BCUT2D eigenvalue weighted by Gasteiger charge is 2.33. The van der Waals surface area contributed by atoms with Gasteiger partial charge >= 0.3 is 0 Å². The molecule has 2 heterocycles. The van der Waals surface area contributed by atoms with E-state index in [-0.39, 0.29) is 66.1 Å². The van der Waals surface area contributed by atoms with Gasteiger partial charge in [0.25, 0.3) is 0 Å². The number of morpholine rings is 1. The quantitative estimate of drug-likeness (QED) is 0.502. The van der Waals surface area contributed by atoms with E-state index in [4.69, 9.17) is 21.1 Å². The summed E-state index contributed by atoms with van der Waals surface area (Å²) in [5.41, 5.74) is 0.115. The number of anilines is 1. The number of methoxy groups -OCH3 is 1. The predicted octanol–water partition coefficient (Wildman–Crippen LogP) is 2.69. The number of halogens is 2. The molecule has 0 aromatic heterocycles. The smallest absolute Gasteiger partial charge is 0.243 e. The first-order valence-corrected chi connectivity index (χ1v) is 15.4. The van der Waals surface area contributed by atoms with Gasteiger partial charge in [0, 0.05) is 42.7 Å². The van der Waals surface area contributed by atoms with E-state index < -0.39 is 37.5 Å². The van der Waals surface area contributed by atoms with E-state index >= 15 is 0 Å². The third-order valence-corrected chi connectivity index (χ3v) is 10.7. The lowest BCUT2D eigenvalue weighted by Crippen LogP contribution is -2.42. The molecule has 1 N–H and O–H groups in total. The predicted molar refractivity (Wildman–Crippen MR) is 140 cm³/mol. The fourth-order valence-electron chi connectivity index (χ4n) is 4.46. The average Bonchev–Trinajstić information content (AvgIpc) is 2.91. The second-order valence-corrected chi connectivity index (χ2v) is 13.3. The van der Waals surface area contributed by atoms with Gasteiger partial charge in [0.15, 0.2) is 0 Å². The van der Waals surface area contributed by atoms with Crippen LogP contribution in [0.5, 0.6) is 5.75 Å². The minimum Gasteiger partial charge on any atom is -0.495 e. The van der Waals surface area contributed by atoms with Gasteiger partial charge < -0.3 is 14.8 Å². The lowest BCUT2D eigenvalue weighted by atomic mass is 9.97.